The van der Waals surface area contributed by atoms with Gasteiger partial charge < -0.3 is 9.64 Å². The van der Waals surface area contributed by atoms with E-state index in [1.54, 1.807) is 12.0 Å². The van der Waals surface area contributed by atoms with Crippen molar-refractivity contribution >= 4 is 11.6 Å². The number of nitrogens with zero attached hydrogens (tertiary/aromatic N) is 2. The summed E-state index contributed by atoms with van der Waals surface area (Å²) in [6.07, 6.45) is 0.235. The fourth-order valence-corrected chi connectivity index (χ4v) is 2.34. The van der Waals surface area contributed by atoms with Crippen molar-refractivity contribution in [3.8, 4) is 6.07 Å². The van der Waals surface area contributed by atoms with Gasteiger partial charge >= 0.3 is 0 Å². The van der Waals surface area contributed by atoms with Crippen molar-refractivity contribution in [2.45, 2.75) is 19.3 Å². The highest BCUT2D eigenvalue weighted by molar-refractivity contribution is 6.05. The van der Waals surface area contributed by atoms with Gasteiger partial charge in [0.05, 0.1) is 25.0 Å². The minimum atomic E-state index is -0.318. The van der Waals surface area contributed by atoms with E-state index in [9.17, 15) is 4.79 Å². The molecule has 1 aromatic carbocycles. The fourth-order valence-electron chi connectivity index (χ4n) is 2.34. The molecule has 0 aromatic heterocycles. The van der Waals surface area contributed by atoms with Crippen LogP contribution in [-0.2, 0) is 9.53 Å². The predicted molar refractivity (Wildman–Crippen MR) is 68.4 cm³/mol. The molecule has 1 aromatic rings. The number of aryl methyl sites for hydroxylation is 1. The van der Waals surface area contributed by atoms with Crippen molar-refractivity contribution in [2.24, 2.45) is 0 Å². The zero-order valence-electron chi connectivity index (χ0n) is 10.6. The first kappa shape index (κ1) is 12.6. The molecule has 1 aliphatic heterocycles. The third kappa shape index (κ3) is 2.09. The van der Waals surface area contributed by atoms with Crippen molar-refractivity contribution in [2.75, 3.05) is 25.2 Å². The summed E-state index contributed by atoms with van der Waals surface area (Å²) < 4.78 is 5.03. The molecule has 18 heavy (non-hydrogen) atoms. The lowest BCUT2D eigenvalue weighted by molar-refractivity contribution is -0.119. The van der Waals surface area contributed by atoms with Crippen LogP contribution in [0.1, 0.15) is 23.5 Å². The van der Waals surface area contributed by atoms with Gasteiger partial charge in [-0.05, 0) is 18.6 Å². The maximum Gasteiger partial charge on any atom is 0.235 e. The molecule has 94 valence electrons. The number of carbonyl (C=O) groups is 1. The van der Waals surface area contributed by atoms with Gasteiger partial charge in [-0.15, -0.1) is 0 Å². The molecule has 0 radical (unpaired) electrons. The van der Waals surface area contributed by atoms with Gasteiger partial charge in [-0.2, -0.15) is 5.26 Å². The number of hydrogen-bond acceptors (Lipinski definition) is 3. The smallest absolute Gasteiger partial charge is 0.235 e. The standard InChI is InChI=1S/C14H16N2O2/c1-10-3-4-13-12(9-10)11(5-6-15)14(17)16(13)7-8-18-2/h3-4,9,11H,5,7-8H2,1-2H3. The Morgan fingerprint density at radius 3 is 2.94 bits per heavy atom. The number of benzene rings is 1. The molecule has 0 saturated carbocycles. The fraction of sp³-hybridized carbons (Fsp3) is 0.429. The van der Waals surface area contributed by atoms with Gasteiger partial charge in [0, 0.05) is 19.3 Å². The van der Waals surface area contributed by atoms with E-state index in [-0.39, 0.29) is 18.2 Å². The number of fused-ring (bicyclic) bond motifs is 1. The van der Waals surface area contributed by atoms with Crippen LogP contribution in [0.5, 0.6) is 0 Å². The summed E-state index contributed by atoms with van der Waals surface area (Å²) in [4.78, 5) is 14.0. The van der Waals surface area contributed by atoms with Gasteiger partial charge in [0.1, 0.15) is 0 Å². The Morgan fingerprint density at radius 2 is 2.28 bits per heavy atom. The first-order valence-corrected chi connectivity index (χ1v) is 5.97. The number of rotatable bonds is 4. The molecule has 0 aliphatic carbocycles. The summed E-state index contributed by atoms with van der Waals surface area (Å²) in [5.74, 6) is -0.309. The lowest BCUT2D eigenvalue weighted by Gasteiger charge is -2.17. The molecule has 1 atom stereocenters. The number of nitriles is 1. The Bertz CT molecular complexity index is 505. The Hall–Kier alpha value is -1.86. The molecule has 0 fully saturated rings. The van der Waals surface area contributed by atoms with Crippen molar-refractivity contribution in [3.05, 3.63) is 29.3 Å². The molecule has 1 amide bonds. The molecule has 1 unspecified atom stereocenters. The van der Waals surface area contributed by atoms with Crippen LogP contribution in [0.3, 0.4) is 0 Å². The summed E-state index contributed by atoms with van der Waals surface area (Å²) in [5, 5.41) is 8.86. The summed E-state index contributed by atoms with van der Waals surface area (Å²) >= 11 is 0. The van der Waals surface area contributed by atoms with Crippen LogP contribution in [0.25, 0.3) is 0 Å². The highest BCUT2D eigenvalue weighted by Crippen LogP contribution is 2.39. The average Bonchev–Trinajstić information content (AvgIpc) is 2.61. The van der Waals surface area contributed by atoms with Crippen LogP contribution in [0.4, 0.5) is 5.69 Å². The molecule has 4 nitrogen and oxygen atoms in total. The predicted octanol–water partition coefficient (Wildman–Crippen LogP) is 1.99. The topological polar surface area (TPSA) is 53.3 Å². The Balaban J connectivity index is 2.37. The van der Waals surface area contributed by atoms with Gasteiger partial charge in [0.25, 0.3) is 0 Å². The molecule has 1 heterocycles. The highest BCUT2D eigenvalue weighted by Gasteiger charge is 2.36. The number of amides is 1. The molecule has 0 bridgehead atoms. The van der Waals surface area contributed by atoms with E-state index < -0.39 is 0 Å². The molecule has 4 heteroatoms. The maximum absolute atomic E-state index is 12.3. The Morgan fingerprint density at radius 1 is 1.50 bits per heavy atom. The largest absolute Gasteiger partial charge is 0.383 e. The van der Waals surface area contributed by atoms with Crippen molar-refractivity contribution < 1.29 is 9.53 Å². The monoisotopic (exact) mass is 244 g/mol. The lowest BCUT2D eigenvalue weighted by Crippen LogP contribution is -2.31. The van der Waals surface area contributed by atoms with E-state index in [4.69, 9.17) is 10.00 Å². The van der Waals surface area contributed by atoms with E-state index >= 15 is 0 Å². The van der Waals surface area contributed by atoms with Crippen LogP contribution in [0.2, 0.25) is 0 Å². The van der Waals surface area contributed by atoms with Gasteiger partial charge in [-0.25, -0.2) is 0 Å². The summed E-state index contributed by atoms with van der Waals surface area (Å²) in [6.45, 7) is 3.03. The molecular formula is C14H16N2O2. The van der Waals surface area contributed by atoms with E-state index in [0.717, 1.165) is 16.8 Å². The van der Waals surface area contributed by atoms with E-state index in [0.29, 0.717) is 13.2 Å². The lowest BCUT2D eigenvalue weighted by atomic mass is 9.96. The Kier molecular flexibility index (Phi) is 3.63. The summed E-state index contributed by atoms with van der Waals surface area (Å²) in [5.41, 5.74) is 3.00. The van der Waals surface area contributed by atoms with Crippen molar-refractivity contribution in [1.29, 1.82) is 5.26 Å². The molecule has 2 rings (SSSR count). The van der Waals surface area contributed by atoms with E-state index in [1.165, 1.54) is 0 Å². The Labute approximate surface area is 107 Å². The third-order valence-electron chi connectivity index (χ3n) is 3.23. The molecule has 1 aliphatic rings. The van der Waals surface area contributed by atoms with Crippen molar-refractivity contribution in [3.63, 3.8) is 0 Å². The minimum Gasteiger partial charge on any atom is -0.383 e. The maximum atomic E-state index is 12.3. The normalized spacial score (nSPS) is 17.7. The van der Waals surface area contributed by atoms with Crippen LogP contribution in [0.15, 0.2) is 18.2 Å². The number of hydrogen-bond donors (Lipinski definition) is 0. The van der Waals surface area contributed by atoms with Crippen LogP contribution in [0, 0.1) is 18.3 Å². The molecule has 0 N–H and O–H groups in total. The summed E-state index contributed by atoms with van der Waals surface area (Å²) in [6, 6.07) is 8.04. The second-order valence-corrected chi connectivity index (χ2v) is 4.46. The number of ether oxygens (including phenoxy) is 1. The zero-order chi connectivity index (χ0) is 13.1. The van der Waals surface area contributed by atoms with Gasteiger partial charge in [0.15, 0.2) is 0 Å². The second-order valence-electron chi connectivity index (χ2n) is 4.46. The number of anilines is 1. The second kappa shape index (κ2) is 5.19. The SMILES string of the molecule is COCCN1C(=O)C(CC#N)c2cc(C)ccc21. The summed E-state index contributed by atoms with van der Waals surface area (Å²) in [7, 11) is 1.61. The number of carbonyl (C=O) groups excluding carboxylic acids is 1. The molecule has 0 saturated heterocycles. The zero-order valence-corrected chi connectivity index (χ0v) is 10.6. The van der Waals surface area contributed by atoms with Crippen molar-refractivity contribution in [1.82, 2.24) is 0 Å². The molecular weight excluding hydrogens is 228 g/mol. The minimum absolute atomic E-state index is 0.00852. The van der Waals surface area contributed by atoms with Crippen LogP contribution < -0.4 is 4.90 Å². The van der Waals surface area contributed by atoms with Gasteiger partial charge in [-0.1, -0.05) is 17.7 Å². The first-order valence-electron chi connectivity index (χ1n) is 5.97. The third-order valence-corrected chi connectivity index (χ3v) is 3.23. The van der Waals surface area contributed by atoms with Gasteiger partial charge in [0.2, 0.25) is 5.91 Å². The molecule has 0 spiro atoms. The average molecular weight is 244 g/mol. The van der Waals surface area contributed by atoms with E-state index in [1.807, 2.05) is 25.1 Å². The van der Waals surface area contributed by atoms with Gasteiger partial charge in [-0.3, -0.25) is 4.79 Å². The quantitative estimate of drug-likeness (QED) is 0.813. The first-order chi connectivity index (χ1) is 8.69. The van der Waals surface area contributed by atoms with Crippen LogP contribution in [-0.4, -0.2) is 26.2 Å². The highest BCUT2D eigenvalue weighted by atomic mass is 16.5. The number of methoxy groups -OCH3 is 1. The van der Waals surface area contributed by atoms with E-state index in [2.05, 4.69) is 6.07 Å². The van der Waals surface area contributed by atoms with Crippen LogP contribution >= 0.6 is 0 Å².